The number of benzene rings is 2. The highest BCUT2D eigenvalue weighted by Crippen LogP contribution is 2.30. The molecule has 2 aromatic rings. The van der Waals surface area contributed by atoms with Gasteiger partial charge in [0.15, 0.2) is 11.6 Å². The number of rotatable bonds is 1. The molecule has 2 aromatic carbocycles. The first-order chi connectivity index (χ1) is 8.00. The molecule has 0 unspecified atom stereocenters. The van der Waals surface area contributed by atoms with Crippen LogP contribution in [-0.2, 0) is 0 Å². The number of nitrogen functional groups attached to an aromatic ring is 1. The molecule has 0 saturated carbocycles. The third-order valence-corrected chi connectivity index (χ3v) is 2.59. The first kappa shape index (κ1) is 11.5. The van der Waals surface area contributed by atoms with Gasteiger partial charge in [-0.2, -0.15) is 0 Å². The van der Waals surface area contributed by atoms with Crippen LogP contribution in [0.3, 0.4) is 0 Å². The van der Waals surface area contributed by atoms with E-state index in [2.05, 4.69) is 0 Å². The average Bonchev–Trinajstić information content (AvgIpc) is 2.28. The van der Waals surface area contributed by atoms with Gasteiger partial charge in [0.1, 0.15) is 5.82 Å². The van der Waals surface area contributed by atoms with E-state index in [0.717, 1.165) is 6.07 Å². The SMILES string of the molecule is Cc1cc(F)c(N)cc1-c1cccc(F)c1F. The van der Waals surface area contributed by atoms with Crippen LogP contribution in [-0.4, -0.2) is 0 Å². The van der Waals surface area contributed by atoms with Crippen LogP contribution in [0.25, 0.3) is 11.1 Å². The predicted octanol–water partition coefficient (Wildman–Crippen LogP) is 3.66. The molecule has 0 aromatic heterocycles. The molecular formula is C13H10F3N. The van der Waals surface area contributed by atoms with E-state index in [1.807, 2.05) is 0 Å². The Bertz CT molecular complexity index is 579. The van der Waals surface area contributed by atoms with E-state index >= 15 is 0 Å². The Balaban J connectivity index is 2.69. The van der Waals surface area contributed by atoms with E-state index in [0.29, 0.717) is 11.1 Å². The van der Waals surface area contributed by atoms with E-state index in [9.17, 15) is 13.2 Å². The van der Waals surface area contributed by atoms with Gasteiger partial charge >= 0.3 is 0 Å². The molecule has 2 N–H and O–H groups in total. The van der Waals surface area contributed by atoms with E-state index in [4.69, 9.17) is 5.73 Å². The first-order valence-corrected chi connectivity index (χ1v) is 5.00. The molecule has 0 aliphatic carbocycles. The van der Waals surface area contributed by atoms with E-state index in [-0.39, 0.29) is 11.3 Å². The zero-order valence-corrected chi connectivity index (χ0v) is 9.10. The lowest BCUT2D eigenvalue weighted by Gasteiger charge is -2.09. The molecule has 0 aliphatic heterocycles. The molecule has 4 heteroatoms. The van der Waals surface area contributed by atoms with Gasteiger partial charge < -0.3 is 5.73 Å². The lowest BCUT2D eigenvalue weighted by Crippen LogP contribution is -1.96. The summed E-state index contributed by atoms with van der Waals surface area (Å²) < 4.78 is 39.8. The monoisotopic (exact) mass is 237 g/mol. The Morgan fingerprint density at radius 3 is 2.35 bits per heavy atom. The maximum atomic E-state index is 13.6. The molecule has 1 nitrogen and oxygen atoms in total. The van der Waals surface area contributed by atoms with Crippen molar-refractivity contribution in [3.63, 3.8) is 0 Å². The number of nitrogens with two attached hydrogens (primary N) is 1. The molecule has 0 amide bonds. The van der Waals surface area contributed by atoms with Crippen molar-refractivity contribution in [2.75, 3.05) is 5.73 Å². The topological polar surface area (TPSA) is 26.0 Å². The number of hydrogen-bond acceptors (Lipinski definition) is 1. The van der Waals surface area contributed by atoms with E-state index in [1.54, 1.807) is 6.92 Å². The Morgan fingerprint density at radius 1 is 0.941 bits per heavy atom. The maximum absolute atomic E-state index is 13.6. The normalized spacial score (nSPS) is 10.6. The van der Waals surface area contributed by atoms with Crippen molar-refractivity contribution in [1.29, 1.82) is 0 Å². The van der Waals surface area contributed by atoms with Crippen LogP contribution in [0, 0.1) is 24.4 Å². The molecule has 0 fully saturated rings. The van der Waals surface area contributed by atoms with Gasteiger partial charge in [-0.25, -0.2) is 13.2 Å². The second kappa shape index (κ2) is 4.13. The third-order valence-electron chi connectivity index (χ3n) is 2.59. The molecule has 0 bridgehead atoms. The summed E-state index contributed by atoms with van der Waals surface area (Å²) >= 11 is 0. The van der Waals surface area contributed by atoms with Gasteiger partial charge in [0.25, 0.3) is 0 Å². The highest BCUT2D eigenvalue weighted by molar-refractivity contribution is 5.71. The van der Waals surface area contributed by atoms with Crippen molar-refractivity contribution in [2.24, 2.45) is 0 Å². The number of halogens is 3. The van der Waals surface area contributed by atoms with Crippen molar-refractivity contribution in [3.05, 3.63) is 53.3 Å². The van der Waals surface area contributed by atoms with Crippen LogP contribution in [0.5, 0.6) is 0 Å². The number of aryl methyl sites for hydroxylation is 1. The van der Waals surface area contributed by atoms with Gasteiger partial charge in [0, 0.05) is 5.56 Å². The fourth-order valence-corrected chi connectivity index (χ4v) is 1.69. The Kier molecular flexibility index (Phi) is 2.79. The van der Waals surface area contributed by atoms with Crippen LogP contribution in [0.1, 0.15) is 5.56 Å². The van der Waals surface area contributed by atoms with Crippen molar-refractivity contribution < 1.29 is 13.2 Å². The van der Waals surface area contributed by atoms with E-state index < -0.39 is 17.5 Å². The van der Waals surface area contributed by atoms with Crippen molar-refractivity contribution >= 4 is 5.69 Å². The Morgan fingerprint density at radius 2 is 1.65 bits per heavy atom. The molecule has 0 radical (unpaired) electrons. The minimum Gasteiger partial charge on any atom is -0.396 e. The molecule has 2 rings (SSSR count). The van der Waals surface area contributed by atoms with E-state index in [1.165, 1.54) is 24.3 Å². The number of hydrogen-bond donors (Lipinski definition) is 1. The minimum atomic E-state index is -0.957. The van der Waals surface area contributed by atoms with Gasteiger partial charge in [0.2, 0.25) is 0 Å². The highest BCUT2D eigenvalue weighted by atomic mass is 19.2. The lowest BCUT2D eigenvalue weighted by molar-refractivity contribution is 0.511. The first-order valence-electron chi connectivity index (χ1n) is 5.00. The fourth-order valence-electron chi connectivity index (χ4n) is 1.69. The Labute approximate surface area is 96.7 Å². The molecule has 0 saturated heterocycles. The van der Waals surface area contributed by atoms with Crippen molar-refractivity contribution in [2.45, 2.75) is 6.92 Å². The minimum absolute atomic E-state index is 0.0780. The van der Waals surface area contributed by atoms with Crippen LogP contribution in [0.2, 0.25) is 0 Å². The van der Waals surface area contributed by atoms with Crippen LogP contribution >= 0.6 is 0 Å². The summed E-state index contributed by atoms with van der Waals surface area (Å²) in [5.74, 6) is -2.46. The summed E-state index contributed by atoms with van der Waals surface area (Å²) in [4.78, 5) is 0. The zero-order chi connectivity index (χ0) is 12.6. The second-order valence-corrected chi connectivity index (χ2v) is 3.79. The highest BCUT2D eigenvalue weighted by Gasteiger charge is 2.13. The third kappa shape index (κ3) is 1.98. The maximum Gasteiger partial charge on any atom is 0.166 e. The predicted molar refractivity (Wildman–Crippen MR) is 60.9 cm³/mol. The summed E-state index contributed by atoms with van der Waals surface area (Å²) in [6.07, 6.45) is 0. The molecule has 0 atom stereocenters. The summed E-state index contributed by atoms with van der Waals surface area (Å²) in [7, 11) is 0. The summed E-state index contributed by atoms with van der Waals surface area (Å²) in [5.41, 5.74) is 6.30. The van der Waals surface area contributed by atoms with Crippen LogP contribution in [0.15, 0.2) is 30.3 Å². The molecular weight excluding hydrogens is 227 g/mol. The Hall–Kier alpha value is -1.97. The largest absolute Gasteiger partial charge is 0.396 e. The number of anilines is 1. The summed E-state index contributed by atoms with van der Waals surface area (Å²) in [6, 6.07) is 6.36. The van der Waals surface area contributed by atoms with Crippen molar-refractivity contribution in [3.8, 4) is 11.1 Å². The van der Waals surface area contributed by atoms with Gasteiger partial charge in [-0.15, -0.1) is 0 Å². The molecule has 0 heterocycles. The van der Waals surface area contributed by atoms with Gasteiger partial charge in [-0.05, 0) is 36.2 Å². The smallest absolute Gasteiger partial charge is 0.166 e. The van der Waals surface area contributed by atoms with Gasteiger partial charge in [-0.3, -0.25) is 0 Å². The van der Waals surface area contributed by atoms with Crippen LogP contribution < -0.4 is 5.73 Å². The molecule has 0 aliphatic rings. The van der Waals surface area contributed by atoms with Gasteiger partial charge in [-0.1, -0.05) is 12.1 Å². The average molecular weight is 237 g/mol. The van der Waals surface area contributed by atoms with Gasteiger partial charge in [0.05, 0.1) is 5.69 Å². The molecule has 0 spiro atoms. The quantitative estimate of drug-likeness (QED) is 0.752. The molecule has 17 heavy (non-hydrogen) atoms. The lowest BCUT2D eigenvalue weighted by atomic mass is 9.99. The standard InChI is InChI=1S/C13H10F3N/c1-7-5-11(15)12(17)6-9(7)8-3-2-4-10(14)13(8)16/h2-6H,17H2,1H3. The van der Waals surface area contributed by atoms with Crippen LogP contribution in [0.4, 0.5) is 18.9 Å². The second-order valence-electron chi connectivity index (χ2n) is 3.79. The fraction of sp³-hybridized carbons (Fsp3) is 0.0769. The zero-order valence-electron chi connectivity index (χ0n) is 9.10. The summed E-state index contributed by atoms with van der Waals surface area (Å²) in [6.45, 7) is 1.61. The van der Waals surface area contributed by atoms with Crippen molar-refractivity contribution in [1.82, 2.24) is 0 Å². The summed E-state index contributed by atoms with van der Waals surface area (Å²) in [5, 5.41) is 0. The molecule has 88 valence electrons.